The highest BCUT2D eigenvalue weighted by Gasteiger charge is 2.20. The van der Waals surface area contributed by atoms with Gasteiger partial charge in [0.2, 0.25) is 0 Å². The second kappa shape index (κ2) is 7.94. The lowest BCUT2D eigenvalue weighted by Crippen LogP contribution is -2.33. The van der Waals surface area contributed by atoms with Gasteiger partial charge in [-0.2, -0.15) is 0 Å². The van der Waals surface area contributed by atoms with Gasteiger partial charge in [0.25, 0.3) is 0 Å². The first-order valence-corrected chi connectivity index (χ1v) is 7.15. The molecule has 0 bridgehead atoms. The van der Waals surface area contributed by atoms with Crippen LogP contribution in [0.3, 0.4) is 0 Å². The molecule has 1 aromatic carbocycles. The van der Waals surface area contributed by atoms with Gasteiger partial charge in [0.05, 0.1) is 18.1 Å². The van der Waals surface area contributed by atoms with Gasteiger partial charge in [0, 0.05) is 17.0 Å². The van der Waals surface area contributed by atoms with E-state index in [9.17, 15) is 14.9 Å². The molecule has 1 unspecified atom stereocenters. The Labute approximate surface area is 130 Å². The molecule has 0 aliphatic heterocycles. The molecule has 1 aromatic rings. The standard InChI is InChI=1S/C13H17BrN2O5/c1-3-20-13(17)10(15)4-5-21-12-8(2)6-9(14)7-11(12)16(18)19/h6-7,10H,3-5,15H2,1-2H3. The van der Waals surface area contributed by atoms with E-state index in [4.69, 9.17) is 15.2 Å². The molecule has 2 N–H and O–H groups in total. The number of aryl methyl sites for hydroxylation is 1. The van der Waals surface area contributed by atoms with Crippen molar-refractivity contribution in [3.05, 3.63) is 32.3 Å². The van der Waals surface area contributed by atoms with Crippen LogP contribution in [0.15, 0.2) is 16.6 Å². The van der Waals surface area contributed by atoms with Gasteiger partial charge in [-0.25, -0.2) is 0 Å². The molecule has 0 aromatic heterocycles. The lowest BCUT2D eigenvalue weighted by molar-refractivity contribution is -0.386. The van der Waals surface area contributed by atoms with Crippen molar-refractivity contribution in [1.29, 1.82) is 0 Å². The van der Waals surface area contributed by atoms with Crippen molar-refractivity contribution in [3.8, 4) is 5.75 Å². The number of benzene rings is 1. The number of nitrogens with two attached hydrogens (primary N) is 1. The molecule has 7 nitrogen and oxygen atoms in total. The zero-order valence-corrected chi connectivity index (χ0v) is 13.4. The van der Waals surface area contributed by atoms with Crippen LogP contribution in [-0.4, -0.2) is 30.1 Å². The molecular weight excluding hydrogens is 344 g/mol. The Kier molecular flexibility index (Phi) is 6.57. The summed E-state index contributed by atoms with van der Waals surface area (Å²) in [5, 5.41) is 11.0. The fourth-order valence-electron chi connectivity index (χ4n) is 1.69. The summed E-state index contributed by atoms with van der Waals surface area (Å²) in [6, 6.07) is 2.28. The Bertz CT molecular complexity index is 536. The van der Waals surface area contributed by atoms with E-state index in [0.717, 1.165) is 0 Å². The van der Waals surface area contributed by atoms with Crippen LogP contribution in [-0.2, 0) is 9.53 Å². The Morgan fingerprint density at radius 2 is 2.19 bits per heavy atom. The SMILES string of the molecule is CCOC(=O)C(N)CCOc1c(C)cc(Br)cc1[N+](=O)[O-]. The number of nitrogens with zero attached hydrogens (tertiary/aromatic N) is 1. The number of esters is 1. The fourth-order valence-corrected chi connectivity index (χ4v) is 2.25. The molecule has 8 heteroatoms. The molecule has 0 amide bonds. The van der Waals surface area contributed by atoms with Gasteiger partial charge >= 0.3 is 11.7 Å². The third kappa shape index (κ3) is 4.98. The van der Waals surface area contributed by atoms with E-state index < -0.39 is 16.9 Å². The molecule has 0 heterocycles. The smallest absolute Gasteiger partial charge is 0.323 e. The van der Waals surface area contributed by atoms with Crippen molar-refractivity contribution in [3.63, 3.8) is 0 Å². The second-order valence-corrected chi connectivity index (χ2v) is 5.24. The zero-order valence-electron chi connectivity index (χ0n) is 11.8. The number of nitro groups is 1. The minimum atomic E-state index is -0.806. The minimum absolute atomic E-state index is 0.0866. The highest BCUT2D eigenvalue weighted by atomic mass is 79.9. The van der Waals surface area contributed by atoms with Crippen molar-refractivity contribution in [2.24, 2.45) is 5.73 Å². The van der Waals surface area contributed by atoms with E-state index in [-0.39, 0.29) is 31.1 Å². The van der Waals surface area contributed by atoms with Crippen LogP contribution in [0.25, 0.3) is 0 Å². The number of hydrogen-bond acceptors (Lipinski definition) is 6. The Hall–Kier alpha value is -1.67. The monoisotopic (exact) mass is 360 g/mol. The predicted molar refractivity (Wildman–Crippen MR) is 80.3 cm³/mol. The lowest BCUT2D eigenvalue weighted by Gasteiger charge is -2.13. The number of rotatable bonds is 7. The van der Waals surface area contributed by atoms with Gasteiger partial charge in [-0.1, -0.05) is 15.9 Å². The van der Waals surface area contributed by atoms with Crippen LogP contribution < -0.4 is 10.5 Å². The summed E-state index contributed by atoms with van der Waals surface area (Å²) in [6.45, 7) is 3.74. The molecule has 0 saturated heterocycles. The van der Waals surface area contributed by atoms with Gasteiger partial charge in [-0.05, 0) is 25.5 Å². The Morgan fingerprint density at radius 3 is 2.76 bits per heavy atom. The van der Waals surface area contributed by atoms with Crippen LogP contribution in [0, 0.1) is 17.0 Å². The molecule has 0 fully saturated rings. The maximum absolute atomic E-state index is 11.4. The van der Waals surface area contributed by atoms with Crippen LogP contribution >= 0.6 is 15.9 Å². The van der Waals surface area contributed by atoms with Gasteiger partial charge in [0.1, 0.15) is 6.04 Å². The minimum Gasteiger partial charge on any atom is -0.487 e. The summed E-state index contributed by atoms with van der Waals surface area (Å²) >= 11 is 3.20. The molecule has 21 heavy (non-hydrogen) atoms. The van der Waals surface area contributed by atoms with Crippen molar-refractivity contribution in [1.82, 2.24) is 0 Å². The fraction of sp³-hybridized carbons (Fsp3) is 0.462. The number of ether oxygens (including phenoxy) is 2. The first-order chi connectivity index (χ1) is 9.86. The first-order valence-electron chi connectivity index (χ1n) is 6.36. The maximum atomic E-state index is 11.4. The van der Waals surface area contributed by atoms with Gasteiger partial charge in [0.15, 0.2) is 5.75 Å². The molecule has 0 aliphatic carbocycles. The molecule has 0 radical (unpaired) electrons. The number of halogens is 1. The van der Waals surface area contributed by atoms with Gasteiger partial charge < -0.3 is 15.2 Å². The number of hydrogen-bond donors (Lipinski definition) is 1. The van der Waals surface area contributed by atoms with Crippen molar-refractivity contribution >= 4 is 27.6 Å². The lowest BCUT2D eigenvalue weighted by atomic mass is 10.2. The molecule has 116 valence electrons. The number of carbonyl (C=O) groups excluding carboxylic acids is 1. The molecular formula is C13H17BrN2O5. The largest absolute Gasteiger partial charge is 0.487 e. The van der Waals surface area contributed by atoms with Crippen LogP contribution in [0.2, 0.25) is 0 Å². The quantitative estimate of drug-likeness (QED) is 0.454. The summed E-state index contributed by atoms with van der Waals surface area (Å²) in [5.74, 6) is -0.331. The van der Waals surface area contributed by atoms with Gasteiger partial charge in [-0.15, -0.1) is 0 Å². The van der Waals surface area contributed by atoms with E-state index >= 15 is 0 Å². The van der Waals surface area contributed by atoms with E-state index in [1.165, 1.54) is 6.07 Å². The highest BCUT2D eigenvalue weighted by molar-refractivity contribution is 9.10. The van der Waals surface area contributed by atoms with Crippen molar-refractivity contribution < 1.29 is 19.2 Å². The second-order valence-electron chi connectivity index (χ2n) is 4.32. The van der Waals surface area contributed by atoms with E-state index in [1.54, 1.807) is 19.9 Å². The summed E-state index contributed by atoms with van der Waals surface area (Å²) in [7, 11) is 0. The average molecular weight is 361 g/mol. The summed E-state index contributed by atoms with van der Waals surface area (Å²) in [4.78, 5) is 21.9. The summed E-state index contributed by atoms with van der Waals surface area (Å²) < 4.78 is 10.8. The summed E-state index contributed by atoms with van der Waals surface area (Å²) in [6.07, 6.45) is 0.214. The Morgan fingerprint density at radius 1 is 1.52 bits per heavy atom. The first kappa shape index (κ1) is 17.4. The average Bonchev–Trinajstić information content (AvgIpc) is 2.40. The highest BCUT2D eigenvalue weighted by Crippen LogP contribution is 2.34. The Balaban J connectivity index is 2.72. The zero-order chi connectivity index (χ0) is 16.0. The van der Waals surface area contributed by atoms with Crippen LogP contribution in [0.5, 0.6) is 5.75 Å². The third-order valence-electron chi connectivity index (χ3n) is 2.68. The predicted octanol–water partition coefficient (Wildman–Crippen LogP) is 2.33. The molecule has 1 rings (SSSR count). The van der Waals surface area contributed by atoms with Crippen LogP contribution in [0.1, 0.15) is 18.9 Å². The van der Waals surface area contributed by atoms with E-state index in [2.05, 4.69) is 15.9 Å². The molecule has 0 spiro atoms. The third-order valence-corrected chi connectivity index (χ3v) is 3.14. The molecule has 0 aliphatic rings. The molecule has 1 atom stereocenters. The van der Waals surface area contributed by atoms with Crippen molar-refractivity contribution in [2.45, 2.75) is 26.3 Å². The van der Waals surface area contributed by atoms with Crippen LogP contribution in [0.4, 0.5) is 5.69 Å². The van der Waals surface area contributed by atoms with E-state index in [0.29, 0.717) is 10.0 Å². The number of nitro benzene ring substituents is 1. The van der Waals surface area contributed by atoms with Gasteiger partial charge in [-0.3, -0.25) is 14.9 Å². The van der Waals surface area contributed by atoms with E-state index in [1.807, 2.05) is 0 Å². The molecule has 0 saturated carbocycles. The van der Waals surface area contributed by atoms with Crippen molar-refractivity contribution in [2.75, 3.05) is 13.2 Å². The maximum Gasteiger partial charge on any atom is 0.323 e. The summed E-state index contributed by atoms with van der Waals surface area (Å²) in [5.41, 5.74) is 6.12. The normalized spacial score (nSPS) is 11.8. The topological polar surface area (TPSA) is 105 Å². The number of carbonyl (C=O) groups is 1.